The molecule has 1 N–H and O–H groups in total. The second kappa shape index (κ2) is 7.79. The minimum Gasteiger partial charge on any atom is -0.497 e. The number of piperidine rings is 1. The molecule has 22 heavy (non-hydrogen) atoms. The van der Waals surface area contributed by atoms with E-state index in [0.29, 0.717) is 18.7 Å². The molecule has 0 aromatic heterocycles. The van der Waals surface area contributed by atoms with Gasteiger partial charge >= 0.3 is 0 Å². The van der Waals surface area contributed by atoms with Crippen LogP contribution >= 0.6 is 0 Å². The number of hydrogen-bond acceptors (Lipinski definition) is 4. The Morgan fingerprint density at radius 3 is 2.36 bits per heavy atom. The van der Waals surface area contributed by atoms with Crippen LogP contribution in [0.25, 0.3) is 0 Å². The second-order valence-corrected chi connectivity index (χ2v) is 5.30. The van der Waals surface area contributed by atoms with Gasteiger partial charge in [0.05, 0.1) is 7.11 Å². The van der Waals surface area contributed by atoms with Gasteiger partial charge in [-0.2, -0.15) is 0 Å². The van der Waals surface area contributed by atoms with E-state index in [4.69, 9.17) is 9.47 Å². The lowest BCUT2D eigenvalue weighted by atomic mass is 10.0. The molecule has 0 aliphatic carbocycles. The van der Waals surface area contributed by atoms with Crippen LogP contribution in [0, 0.1) is 0 Å². The third-order valence-corrected chi connectivity index (χ3v) is 3.76. The van der Waals surface area contributed by atoms with Gasteiger partial charge in [-0.3, -0.25) is 9.59 Å². The average Bonchev–Trinajstić information content (AvgIpc) is 2.55. The third-order valence-electron chi connectivity index (χ3n) is 3.76. The lowest BCUT2D eigenvalue weighted by Gasteiger charge is -2.32. The van der Waals surface area contributed by atoms with Crippen molar-refractivity contribution < 1.29 is 19.1 Å². The standard InChI is InChI=1S/C16H22N2O4/c1-21-11-15(19)17-13-7-9-18(10-8-13)16(20)12-3-5-14(22-2)6-4-12/h3-6,13H,7-11H2,1-2H3,(H,17,19). The Morgan fingerprint density at radius 1 is 1.18 bits per heavy atom. The first-order chi connectivity index (χ1) is 10.6. The second-order valence-electron chi connectivity index (χ2n) is 5.30. The molecule has 1 heterocycles. The number of carbonyl (C=O) groups excluding carboxylic acids is 2. The van der Waals surface area contributed by atoms with Gasteiger partial charge in [-0.1, -0.05) is 0 Å². The summed E-state index contributed by atoms with van der Waals surface area (Å²) >= 11 is 0. The smallest absolute Gasteiger partial charge is 0.253 e. The number of carbonyl (C=O) groups is 2. The fraction of sp³-hybridized carbons (Fsp3) is 0.500. The van der Waals surface area contributed by atoms with E-state index in [-0.39, 0.29) is 24.5 Å². The molecule has 0 saturated carbocycles. The maximum absolute atomic E-state index is 12.4. The van der Waals surface area contributed by atoms with Crippen LogP contribution in [-0.4, -0.2) is 56.7 Å². The largest absolute Gasteiger partial charge is 0.497 e. The molecule has 0 unspecified atom stereocenters. The lowest BCUT2D eigenvalue weighted by molar-refractivity contribution is -0.125. The summed E-state index contributed by atoms with van der Waals surface area (Å²) in [4.78, 5) is 25.7. The molecule has 1 aliphatic heterocycles. The normalized spacial score (nSPS) is 15.5. The van der Waals surface area contributed by atoms with Gasteiger partial charge in [-0.05, 0) is 37.1 Å². The molecule has 6 nitrogen and oxygen atoms in total. The van der Waals surface area contributed by atoms with Gasteiger partial charge in [-0.15, -0.1) is 0 Å². The molecule has 0 bridgehead atoms. The number of amides is 2. The quantitative estimate of drug-likeness (QED) is 0.883. The monoisotopic (exact) mass is 306 g/mol. The van der Waals surface area contributed by atoms with E-state index in [1.54, 1.807) is 31.4 Å². The Hall–Kier alpha value is -2.08. The van der Waals surface area contributed by atoms with E-state index in [2.05, 4.69) is 5.32 Å². The van der Waals surface area contributed by atoms with E-state index in [0.717, 1.165) is 18.6 Å². The number of methoxy groups -OCH3 is 2. The summed E-state index contributed by atoms with van der Waals surface area (Å²) in [6.07, 6.45) is 1.52. The van der Waals surface area contributed by atoms with Gasteiger partial charge in [0.15, 0.2) is 0 Å². The number of benzene rings is 1. The molecule has 6 heteroatoms. The van der Waals surface area contributed by atoms with Crippen molar-refractivity contribution in [1.82, 2.24) is 10.2 Å². The van der Waals surface area contributed by atoms with Crippen LogP contribution in [0.3, 0.4) is 0 Å². The number of ether oxygens (including phenoxy) is 2. The fourth-order valence-corrected chi connectivity index (χ4v) is 2.54. The lowest BCUT2D eigenvalue weighted by Crippen LogP contribution is -2.47. The number of likely N-dealkylation sites (tertiary alicyclic amines) is 1. The number of rotatable bonds is 5. The summed E-state index contributed by atoms with van der Waals surface area (Å²) in [6.45, 7) is 1.36. The highest BCUT2D eigenvalue weighted by Gasteiger charge is 2.24. The zero-order valence-electron chi connectivity index (χ0n) is 13.0. The Kier molecular flexibility index (Phi) is 5.77. The van der Waals surface area contributed by atoms with E-state index < -0.39 is 0 Å². The van der Waals surface area contributed by atoms with Crippen LogP contribution in [0.4, 0.5) is 0 Å². The van der Waals surface area contributed by atoms with E-state index in [1.807, 2.05) is 4.90 Å². The Bertz CT molecular complexity index is 507. The van der Waals surface area contributed by atoms with Gasteiger partial charge in [0.25, 0.3) is 5.91 Å². The van der Waals surface area contributed by atoms with E-state index >= 15 is 0 Å². The Balaban J connectivity index is 1.85. The zero-order chi connectivity index (χ0) is 15.9. The summed E-state index contributed by atoms with van der Waals surface area (Å²) in [5.74, 6) is 0.642. The molecule has 1 saturated heterocycles. The van der Waals surface area contributed by atoms with Gasteiger partial charge < -0.3 is 19.7 Å². The molecule has 2 rings (SSSR count). The van der Waals surface area contributed by atoms with Gasteiger partial charge in [0.2, 0.25) is 5.91 Å². The van der Waals surface area contributed by atoms with Gasteiger partial charge in [-0.25, -0.2) is 0 Å². The van der Waals surface area contributed by atoms with Crippen molar-refractivity contribution in [3.05, 3.63) is 29.8 Å². The highest BCUT2D eigenvalue weighted by molar-refractivity contribution is 5.94. The fourth-order valence-electron chi connectivity index (χ4n) is 2.54. The van der Waals surface area contributed by atoms with Gasteiger partial charge in [0, 0.05) is 31.8 Å². The van der Waals surface area contributed by atoms with Crippen LogP contribution in [0.15, 0.2) is 24.3 Å². The molecule has 0 radical (unpaired) electrons. The SMILES string of the molecule is COCC(=O)NC1CCN(C(=O)c2ccc(OC)cc2)CC1. The van der Waals surface area contributed by atoms with Crippen LogP contribution in [0.2, 0.25) is 0 Å². The van der Waals surface area contributed by atoms with Crippen molar-refractivity contribution in [3.63, 3.8) is 0 Å². The summed E-state index contributed by atoms with van der Waals surface area (Å²) in [6, 6.07) is 7.22. The molecular formula is C16H22N2O4. The minimum atomic E-state index is -0.109. The minimum absolute atomic E-state index is 0.0179. The zero-order valence-corrected chi connectivity index (χ0v) is 13.0. The molecule has 1 aromatic rings. The average molecular weight is 306 g/mol. The van der Waals surface area contributed by atoms with Crippen molar-refractivity contribution in [2.45, 2.75) is 18.9 Å². The van der Waals surface area contributed by atoms with Crippen LogP contribution in [0.1, 0.15) is 23.2 Å². The topological polar surface area (TPSA) is 67.9 Å². The molecule has 120 valence electrons. The number of nitrogens with zero attached hydrogens (tertiary/aromatic N) is 1. The van der Waals surface area contributed by atoms with Crippen LogP contribution < -0.4 is 10.1 Å². The predicted molar refractivity (Wildman–Crippen MR) is 81.9 cm³/mol. The Labute approximate surface area is 130 Å². The summed E-state index contributed by atoms with van der Waals surface area (Å²) in [5, 5.41) is 2.92. The van der Waals surface area contributed by atoms with E-state index in [1.165, 1.54) is 7.11 Å². The maximum atomic E-state index is 12.4. The summed E-state index contributed by atoms with van der Waals surface area (Å²) in [7, 11) is 3.09. The first kappa shape index (κ1) is 16.3. The molecule has 0 spiro atoms. The highest BCUT2D eigenvalue weighted by Crippen LogP contribution is 2.16. The predicted octanol–water partition coefficient (Wildman–Crippen LogP) is 1.06. The molecule has 1 aliphatic rings. The molecule has 1 aromatic carbocycles. The first-order valence-electron chi connectivity index (χ1n) is 7.35. The highest BCUT2D eigenvalue weighted by atomic mass is 16.5. The van der Waals surface area contributed by atoms with E-state index in [9.17, 15) is 9.59 Å². The van der Waals surface area contributed by atoms with Crippen molar-refractivity contribution in [2.75, 3.05) is 33.9 Å². The van der Waals surface area contributed by atoms with Crippen molar-refractivity contribution in [1.29, 1.82) is 0 Å². The Morgan fingerprint density at radius 2 is 1.82 bits per heavy atom. The van der Waals surface area contributed by atoms with Crippen molar-refractivity contribution >= 4 is 11.8 Å². The van der Waals surface area contributed by atoms with Crippen molar-refractivity contribution in [3.8, 4) is 5.75 Å². The first-order valence-corrected chi connectivity index (χ1v) is 7.35. The third kappa shape index (κ3) is 4.21. The number of nitrogens with one attached hydrogen (secondary N) is 1. The summed E-state index contributed by atoms with van der Waals surface area (Å²) in [5.41, 5.74) is 0.655. The molecule has 2 amide bonds. The van der Waals surface area contributed by atoms with Crippen molar-refractivity contribution in [2.24, 2.45) is 0 Å². The molecule has 0 atom stereocenters. The van der Waals surface area contributed by atoms with Crippen LogP contribution in [0.5, 0.6) is 5.75 Å². The summed E-state index contributed by atoms with van der Waals surface area (Å²) < 4.78 is 9.88. The molecular weight excluding hydrogens is 284 g/mol. The van der Waals surface area contributed by atoms with Gasteiger partial charge in [0.1, 0.15) is 12.4 Å². The number of hydrogen-bond donors (Lipinski definition) is 1. The maximum Gasteiger partial charge on any atom is 0.253 e. The van der Waals surface area contributed by atoms with Crippen LogP contribution in [-0.2, 0) is 9.53 Å². The molecule has 1 fully saturated rings.